The van der Waals surface area contributed by atoms with Crippen molar-refractivity contribution in [3.63, 3.8) is 0 Å². The molecule has 2 heterocycles. The second-order valence-corrected chi connectivity index (χ2v) is 4.60. The fourth-order valence-corrected chi connectivity index (χ4v) is 2.33. The summed E-state index contributed by atoms with van der Waals surface area (Å²) in [4.78, 5) is 48.1. The van der Waals surface area contributed by atoms with E-state index in [4.69, 9.17) is 4.42 Å². The highest BCUT2D eigenvalue weighted by molar-refractivity contribution is 6.31. The number of hydrogen-bond donors (Lipinski definition) is 0. The van der Waals surface area contributed by atoms with Gasteiger partial charge in [0.25, 0.3) is 0 Å². The first-order valence-corrected chi connectivity index (χ1v) is 6.02. The summed E-state index contributed by atoms with van der Waals surface area (Å²) in [5.74, 6) is -2.79. The Hall–Kier alpha value is -2.96. The number of nitrogens with zero attached hydrogens (tertiary/aromatic N) is 2. The summed E-state index contributed by atoms with van der Waals surface area (Å²) < 4.78 is 5.21. The zero-order valence-corrected chi connectivity index (χ0v) is 11.1. The minimum Gasteiger partial charge on any atom is -0.448 e. The maximum Gasteiger partial charge on any atom is 0.231 e. The van der Waals surface area contributed by atoms with Crippen LogP contribution in [0.5, 0.6) is 0 Å². The molecule has 2 aromatic heterocycles. The monoisotopic (exact) mass is 284 g/mol. The van der Waals surface area contributed by atoms with Gasteiger partial charge in [-0.1, -0.05) is 0 Å². The Kier molecular flexibility index (Phi) is 2.65. The predicted molar refractivity (Wildman–Crippen MR) is 67.6 cm³/mol. The molecule has 0 saturated carbocycles. The van der Waals surface area contributed by atoms with Crippen LogP contribution in [-0.2, 0) is 0 Å². The van der Waals surface area contributed by atoms with Crippen molar-refractivity contribution >= 4 is 23.1 Å². The molecule has 0 N–H and O–H groups in total. The van der Waals surface area contributed by atoms with Crippen molar-refractivity contribution in [1.29, 1.82) is 0 Å². The van der Waals surface area contributed by atoms with Gasteiger partial charge in [0, 0.05) is 6.92 Å². The van der Waals surface area contributed by atoms with Gasteiger partial charge in [-0.2, -0.15) is 10.2 Å². The Balaban J connectivity index is 2.38. The standard InChI is InChI=1S/C14H8N2O5/c1-5(17)9-10-11(19)7-3-15-16-4-8(7)12(20)14(10)21-13(9)6(2)18/h3-4H,1-2H3. The van der Waals surface area contributed by atoms with Crippen molar-refractivity contribution in [2.75, 3.05) is 0 Å². The van der Waals surface area contributed by atoms with E-state index in [0.29, 0.717) is 0 Å². The van der Waals surface area contributed by atoms with Crippen LogP contribution in [0.2, 0.25) is 0 Å². The lowest BCUT2D eigenvalue weighted by Gasteiger charge is -2.11. The molecule has 0 bridgehead atoms. The van der Waals surface area contributed by atoms with E-state index in [-0.39, 0.29) is 33.8 Å². The Morgan fingerprint density at radius 3 is 2.05 bits per heavy atom. The number of rotatable bonds is 2. The van der Waals surface area contributed by atoms with Gasteiger partial charge in [-0.3, -0.25) is 19.2 Å². The molecule has 7 heteroatoms. The van der Waals surface area contributed by atoms with Gasteiger partial charge in [-0.15, -0.1) is 0 Å². The second kappa shape index (κ2) is 4.27. The third kappa shape index (κ3) is 1.67. The molecule has 7 nitrogen and oxygen atoms in total. The number of ketones is 4. The summed E-state index contributed by atoms with van der Waals surface area (Å²) in [5, 5.41) is 7.12. The molecule has 0 saturated heterocycles. The van der Waals surface area contributed by atoms with Crippen LogP contribution in [0.4, 0.5) is 0 Å². The van der Waals surface area contributed by atoms with E-state index in [2.05, 4.69) is 10.2 Å². The molecule has 0 aliphatic heterocycles. The van der Waals surface area contributed by atoms with Crippen LogP contribution < -0.4 is 0 Å². The molecule has 104 valence electrons. The minimum atomic E-state index is -0.593. The van der Waals surface area contributed by atoms with Crippen molar-refractivity contribution in [2.24, 2.45) is 0 Å². The minimum absolute atomic E-state index is 0.0425. The third-order valence-corrected chi connectivity index (χ3v) is 3.23. The molecule has 0 spiro atoms. The Morgan fingerprint density at radius 2 is 1.52 bits per heavy atom. The summed E-state index contributed by atoms with van der Waals surface area (Å²) >= 11 is 0. The van der Waals surface area contributed by atoms with Crippen molar-refractivity contribution in [3.05, 3.63) is 46.2 Å². The van der Waals surface area contributed by atoms with Crippen molar-refractivity contribution in [2.45, 2.75) is 13.8 Å². The lowest BCUT2D eigenvalue weighted by Crippen LogP contribution is -2.21. The van der Waals surface area contributed by atoms with Crippen molar-refractivity contribution in [3.8, 4) is 0 Å². The third-order valence-electron chi connectivity index (χ3n) is 3.23. The van der Waals surface area contributed by atoms with E-state index in [0.717, 1.165) is 12.4 Å². The number of fused-ring (bicyclic) bond motifs is 2. The first-order chi connectivity index (χ1) is 9.93. The highest BCUT2D eigenvalue weighted by Gasteiger charge is 2.39. The lowest BCUT2D eigenvalue weighted by atomic mass is 9.87. The molecule has 0 atom stereocenters. The van der Waals surface area contributed by atoms with Gasteiger partial charge in [0.1, 0.15) is 0 Å². The molecule has 0 fully saturated rings. The fraction of sp³-hybridized carbons (Fsp3) is 0.143. The van der Waals surface area contributed by atoms with Gasteiger partial charge < -0.3 is 4.42 Å². The zero-order valence-electron chi connectivity index (χ0n) is 11.1. The maximum atomic E-state index is 12.5. The number of carbonyl (C=O) groups excluding carboxylic acids is 4. The highest BCUT2D eigenvalue weighted by Crippen LogP contribution is 2.33. The van der Waals surface area contributed by atoms with E-state index < -0.39 is 23.1 Å². The Bertz CT molecular complexity index is 847. The number of carbonyl (C=O) groups is 4. The van der Waals surface area contributed by atoms with Gasteiger partial charge in [-0.05, 0) is 6.92 Å². The van der Waals surface area contributed by atoms with Crippen LogP contribution >= 0.6 is 0 Å². The number of aromatic nitrogens is 2. The number of furan rings is 1. The topological polar surface area (TPSA) is 107 Å². The zero-order chi connectivity index (χ0) is 15.3. The first kappa shape index (κ1) is 13.0. The molecule has 3 rings (SSSR count). The number of Topliss-reactive ketones (excluding diaryl/α,β-unsaturated/α-hetero) is 2. The van der Waals surface area contributed by atoms with Gasteiger partial charge in [-0.25, -0.2) is 0 Å². The van der Waals surface area contributed by atoms with E-state index >= 15 is 0 Å². The first-order valence-electron chi connectivity index (χ1n) is 6.02. The molecule has 2 aromatic rings. The summed E-state index contributed by atoms with van der Waals surface area (Å²) in [6.07, 6.45) is 2.31. The van der Waals surface area contributed by atoms with Crippen LogP contribution in [0, 0.1) is 0 Å². The molecule has 0 amide bonds. The molecule has 21 heavy (non-hydrogen) atoms. The van der Waals surface area contributed by atoms with Crippen LogP contribution in [-0.4, -0.2) is 33.3 Å². The smallest absolute Gasteiger partial charge is 0.231 e. The fourth-order valence-electron chi connectivity index (χ4n) is 2.33. The van der Waals surface area contributed by atoms with Gasteiger partial charge in [0.15, 0.2) is 28.9 Å². The summed E-state index contributed by atoms with van der Waals surface area (Å²) in [6.45, 7) is 2.40. The molecule has 0 unspecified atom stereocenters. The molecule has 1 aliphatic rings. The molecule has 0 aromatic carbocycles. The Labute approximate surface area is 118 Å². The largest absolute Gasteiger partial charge is 0.448 e. The van der Waals surface area contributed by atoms with E-state index in [1.165, 1.54) is 13.8 Å². The van der Waals surface area contributed by atoms with Gasteiger partial charge in [0.2, 0.25) is 5.78 Å². The van der Waals surface area contributed by atoms with Gasteiger partial charge >= 0.3 is 0 Å². The maximum absolute atomic E-state index is 12.5. The lowest BCUT2D eigenvalue weighted by molar-refractivity contribution is 0.0945. The molecular weight excluding hydrogens is 276 g/mol. The van der Waals surface area contributed by atoms with Crippen LogP contribution in [0.3, 0.4) is 0 Å². The van der Waals surface area contributed by atoms with Crippen molar-refractivity contribution in [1.82, 2.24) is 10.2 Å². The molecular formula is C14H8N2O5. The summed E-state index contributed by atoms with van der Waals surface area (Å²) in [5.41, 5.74) is -0.237. The SMILES string of the molecule is CC(=O)c1oc2c(c1C(C)=O)C(=O)c1cnncc1C2=O. The van der Waals surface area contributed by atoms with E-state index in [1.54, 1.807) is 0 Å². The van der Waals surface area contributed by atoms with Crippen LogP contribution in [0.15, 0.2) is 16.8 Å². The van der Waals surface area contributed by atoms with Crippen LogP contribution in [0.25, 0.3) is 0 Å². The van der Waals surface area contributed by atoms with E-state index in [9.17, 15) is 19.2 Å². The van der Waals surface area contributed by atoms with E-state index in [1.807, 2.05) is 0 Å². The average Bonchev–Trinajstić information content (AvgIpc) is 2.86. The quantitative estimate of drug-likeness (QED) is 0.651. The highest BCUT2D eigenvalue weighted by atomic mass is 16.4. The Morgan fingerprint density at radius 1 is 0.952 bits per heavy atom. The normalized spacial score (nSPS) is 12.9. The predicted octanol–water partition coefficient (Wildman–Crippen LogP) is 1.25. The van der Waals surface area contributed by atoms with Crippen LogP contribution in [0.1, 0.15) is 66.8 Å². The summed E-state index contributed by atoms with van der Waals surface area (Å²) in [7, 11) is 0. The summed E-state index contributed by atoms with van der Waals surface area (Å²) in [6, 6.07) is 0. The van der Waals surface area contributed by atoms with Gasteiger partial charge in [0.05, 0.1) is 34.6 Å². The molecule has 1 aliphatic carbocycles. The average molecular weight is 284 g/mol. The molecule has 0 radical (unpaired) electrons. The second-order valence-electron chi connectivity index (χ2n) is 4.60. The van der Waals surface area contributed by atoms with Crippen molar-refractivity contribution < 1.29 is 23.6 Å². The number of hydrogen-bond acceptors (Lipinski definition) is 7.